The van der Waals surface area contributed by atoms with Crippen LogP contribution in [0.4, 0.5) is 0 Å². The Balaban J connectivity index is 1.54. The van der Waals surface area contributed by atoms with Gasteiger partial charge in [0, 0.05) is 11.8 Å². The van der Waals surface area contributed by atoms with Crippen LogP contribution in [0, 0.1) is 17.3 Å². The van der Waals surface area contributed by atoms with Gasteiger partial charge >= 0.3 is 11.9 Å². The molecule has 4 heterocycles. The molecule has 20 heteroatoms. The van der Waals surface area contributed by atoms with Crippen LogP contribution in [-0.2, 0) is 47.5 Å². The summed E-state index contributed by atoms with van der Waals surface area (Å²) in [6.45, 7) is 12.8. The molecule has 0 aliphatic carbocycles. The number of rotatable bonds is 16. The van der Waals surface area contributed by atoms with Crippen LogP contribution in [0.15, 0.2) is 0 Å². The van der Waals surface area contributed by atoms with Crippen molar-refractivity contribution in [2.45, 2.75) is 191 Å². The van der Waals surface area contributed by atoms with Gasteiger partial charge in [0.05, 0.1) is 37.1 Å². The standard InChI is InChI=1S/C37H64O20/c1-9-11-37(7,8)57-27-21(43)23(45)35(56-29(27)32(48)49)53-25-15(4)33(51-17(13-39)19(25)41)54-26-20(42)22(44)34(55-28(26)31(46)47)52-24-14(3)30(36(5,6)10-2)50-16(12-38)18(24)40/h14-30,33-35,38-45H,9-13H2,1-8H3,(H,46,47)(H,48,49)/t14?,15-,16?,17?,18+,19+,20?,21?,22-,23-,24+,25?,26-,27-,28?,29?,30+,33-,34+,35+/m0/s1. The molecule has 0 aromatic heterocycles. The largest absolute Gasteiger partial charge is 0.479 e. The van der Waals surface area contributed by atoms with Crippen molar-refractivity contribution >= 4 is 11.9 Å². The summed E-state index contributed by atoms with van der Waals surface area (Å²) in [7, 11) is 0. The summed E-state index contributed by atoms with van der Waals surface area (Å²) in [5, 5.41) is 107. The van der Waals surface area contributed by atoms with Gasteiger partial charge in [-0.1, -0.05) is 48.0 Å². The lowest BCUT2D eigenvalue weighted by Crippen LogP contribution is -2.67. The van der Waals surface area contributed by atoms with E-state index in [0.29, 0.717) is 19.3 Å². The van der Waals surface area contributed by atoms with Crippen molar-refractivity contribution in [3.05, 3.63) is 0 Å². The molecule has 4 fully saturated rings. The molecule has 20 atom stereocenters. The molecule has 4 rings (SSSR count). The van der Waals surface area contributed by atoms with Gasteiger partial charge in [-0.15, -0.1) is 0 Å². The second-order valence-electron chi connectivity index (χ2n) is 16.9. The van der Waals surface area contributed by atoms with Crippen molar-refractivity contribution in [3.63, 3.8) is 0 Å². The Hall–Kier alpha value is -1.70. The van der Waals surface area contributed by atoms with Crippen LogP contribution in [0.1, 0.15) is 74.7 Å². The second kappa shape index (κ2) is 19.3. The van der Waals surface area contributed by atoms with Crippen molar-refractivity contribution in [3.8, 4) is 0 Å². The quantitative estimate of drug-likeness (QED) is 0.0810. The van der Waals surface area contributed by atoms with Crippen molar-refractivity contribution in [2.24, 2.45) is 17.3 Å². The van der Waals surface area contributed by atoms with E-state index in [0.717, 1.165) is 0 Å². The Labute approximate surface area is 331 Å². The van der Waals surface area contributed by atoms with Crippen LogP contribution < -0.4 is 0 Å². The zero-order chi connectivity index (χ0) is 42.9. The first-order valence-electron chi connectivity index (χ1n) is 19.6. The van der Waals surface area contributed by atoms with Crippen molar-refractivity contribution in [2.75, 3.05) is 13.2 Å². The molecule has 20 nitrogen and oxygen atoms in total. The molecule has 4 aliphatic heterocycles. The number of carbonyl (C=O) groups is 2. The fraction of sp³-hybridized carbons (Fsp3) is 0.946. The maximum atomic E-state index is 12.6. The van der Waals surface area contributed by atoms with Gasteiger partial charge in [-0.05, 0) is 32.1 Å². The van der Waals surface area contributed by atoms with Gasteiger partial charge < -0.3 is 89.0 Å². The SMILES string of the molecule is CCCC(C)(C)O[C@@H]1C(C(=O)O)O[C@@H](OC2[C@H](O)C(CO)O[C@@H](O[C@@H]3C(C(=O)O)O[C@@H](O[C@@H]4C(C)[C@H](C(C)(C)CC)OC(CO)[C@H]4O)[C@@H](O)C3O)[C@H]2C)[C@@H](O)C1O. The van der Waals surface area contributed by atoms with Gasteiger partial charge in [0.1, 0.15) is 61.0 Å². The first kappa shape index (κ1) is 48.0. The lowest BCUT2D eigenvalue weighted by atomic mass is 9.73. The molecule has 332 valence electrons. The molecule has 4 saturated heterocycles. The normalized spacial score (nSPS) is 44.8. The monoisotopic (exact) mass is 828 g/mol. The number of aliphatic hydroxyl groups is 8. The summed E-state index contributed by atoms with van der Waals surface area (Å²) in [5.74, 6) is -4.91. The molecule has 0 aromatic carbocycles. The summed E-state index contributed by atoms with van der Waals surface area (Å²) < 4.78 is 46.8. The lowest BCUT2D eigenvalue weighted by molar-refractivity contribution is -0.376. The maximum Gasteiger partial charge on any atom is 0.335 e. The first-order valence-corrected chi connectivity index (χ1v) is 19.6. The number of ether oxygens (including phenoxy) is 8. The minimum absolute atomic E-state index is 0.456. The van der Waals surface area contributed by atoms with E-state index in [4.69, 9.17) is 37.9 Å². The molecule has 0 spiro atoms. The molecule has 10 N–H and O–H groups in total. The van der Waals surface area contributed by atoms with Gasteiger partial charge in [0.2, 0.25) is 0 Å². The number of hydrogen-bond acceptors (Lipinski definition) is 18. The maximum absolute atomic E-state index is 12.6. The van der Waals surface area contributed by atoms with Crippen molar-refractivity contribution in [1.82, 2.24) is 0 Å². The summed E-state index contributed by atoms with van der Waals surface area (Å²) in [6, 6.07) is 0. The third-order valence-electron chi connectivity index (χ3n) is 11.8. The predicted molar refractivity (Wildman–Crippen MR) is 191 cm³/mol. The van der Waals surface area contributed by atoms with E-state index in [-0.39, 0.29) is 0 Å². The van der Waals surface area contributed by atoms with Crippen LogP contribution >= 0.6 is 0 Å². The van der Waals surface area contributed by atoms with E-state index in [1.54, 1.807) is 20.8 Å². The Bertz CT molecular complexity index is 1320. The second-order valence-corrected chi connectivity index (χ2v) is 16.9. The molecular formula is C37H64O20. The first-order chi connectivity index (χ1) is 26.5. The average Bonchev–Trinajstić information content (AvgIpc) is 3.14. The van der Waals surface area contributed by atoms with E-state index in [1.807, 2.05) is 27.7 Å². The van der Waals surface area contributed by atoms with E-state index in [9.17, 15) is 60.7 Å². The Morgan fingerprint density at radius 1 is 0.579 bits per heavy atom. The average molecular weight is 829 g/mol. The molecule has 8 unspecified atom stereocenters. The number of aliphatic carboxylic acids is 2. The van der Waals surface area contributed by atoms with Gasteiger partial charge in [0.25, 0.3) is 0 Å². The molecule has 0 amide bonds. The number of aliphatic hydroxyl groups excluding tert-OH is 8. The molecular weight excluding hydrogens is 764 g/mol. The van der Waals surface area contributed by atoms with Crippen LogP contribution in [0.2, 0.25) is 0 Å². The Morgan fingerprint density at radius 2 is 1.02 bits per heavy atom. The predicted octanol–water partition coefficient (Wildman–Crippen LogP) is -1.92. The minimum Gasteiger partial charge on any atom is -0.479 e. The van der Waals surface area contributed by atoms with E-state index >= 15 is 0 Å². The summed E-state index contributed by atoms with van der Waals surface area (Å²) in [5.41, 5.74) is -1.36. The van der Waals surface area contributed by atoms with Gasteiger partial charge in [-0.3, -0.25) is 0 Å². The smallest absolute Gasteiger partial charge is 0.335 e. The fourth-order valence-electron chi connectivity index (χ4n) is 8.18. The topological polar surface area (TPSA) is 310 Å². The van der Waals surface area contributed by atoms with E-state index < -0.39 is 158 Å². The highest BCUT2D eigenvalue weighted by Crippen LogP contribution is 2.42. The van der Waals surface area contributed by atoms with Crippen LogP contribution in [0.3, 0.4) is 0 Å². The Morgan fingerprint density at radius 3 is 1.47 bits per heavy atom. The number of carboxylic acid groups (broad SMARTS) is 2. The van der Waals surface area contributed by atoms with E-state index in [2.05, 4.69) is 0 Å². The third kappa shape index (κ3) is 10.3. The van der Waals surface area contributed by atoms with Gasteiger partial charge in [0.15, 0.2) is 31.1 Å². The van der Waals surface area contributed by atoms with E-state index in [1.165, 1.54) is 6.92 Å². The zero-order valence-corrected chi connectivity index (χ0v) is 33.6. The van der Waals surface area contributed by atoms with Gasteiger partial charge in [-0.25, -0.2) is 9.59 Å². The van der Waals surface area contributed by atoms with Crippen LogP contribution in [0.5, 0.6) is 0 Å². The lowest BCUT2D eigenvalue weighted by Gasteiger charge is -2.51. The molecule has 0 radical (unpaired) electrons. The molecule has 4 aliphatic rings. The molecule has 0 aromatic rings. The van der Waals surface area contributed by atoms with Gasteiger partial charge in [-0.2, -0.15) is 0 Å². The highest BCUT2D eigenvalue weighted by Gasteiger charge is 2.57. The number of hydrogen-bond donors (Lipinski definition) is 10. The van der Waals surface area contributed by atoms with Crippen molar-refractivity contribution < 1.29 is 98.5 Å². The van der Waals surface area contributed by atoms with Crippen LogP contribution in [0.25, 0.3) is 0 Å². The highest BCUT2D eigenvalue weighted by molar-refractivity contribution is 5.74. The summed E-state index contributed by atoms with van der Waals surface area (Å²) >= 11 is 0. The number of carboxylic acids is 2. The highest BCUT2D eigenvalue weighted by atomic mass is 16.8. The third-order valence-corrected chi connectivity index (χ3v) is 11.8. The van der Waals surface area contributed by atoms with Crippen LogP contribution in [-0.4, -0.2) is 192 Å². The summed E-state index contributed by atoms with van der Waals surface area (Å²) in [6.07, 6.45) is -27.4. The summed E-state index contributed by atoms with van der Waals surface area (Å²) in [4.78, 5) is 24.9. The fourth-order valence-corrected chi connectivity index (χ4v) is 8.18. The molecule has 57 heavy (non-hydrogen) atoms. The molecule has 0 bridgehead atoms. The Kier molecular flexibility index (Phi) is 16.3. The zero-order valence-electron chi connectivity index (χ0n) is 33.6. The van der Waals surface area contributed by atoms with Crippen molar-refractivity contribution in [1.29, 1.82) is 0 Å². The molecule has 0 saturated carbocycles. The minimum atomic E-state index is -2.04.